The van der Waals surface area contributed by atoms with Gasteiger partial charge in [-0.2, -0.15) is 0 Å². The molecule has 0 amide bonds. The summed E-state index contributed by atoms with van der Waals surface area (Å²) in [5, 5.41) is 1.38. The van der Waals surface area contributed by atoms with E-state index in [-0.39, 0.29) is 11.6 Å². The number of rotatable bonds is 5. The molecule has 0 radical (unpaired) electrons. The molecule has 0 bridgehead atoms. The Morgan fingerprint density at radius 3 is 2.45 bits per heavy atom. The average molecular weight is 316 g/mol. The maximum atomic E-state index is 6.30. The molecule has 5 heteroatoms. The molecule has 0 saturated heterocycles. The summed E-state index contributed by atoms with van der Waals surface area (Å²) in [5.41, 5.74) is 4.22. The van der Waals surface area contributed by atoms with Crippen LogP contribution in [0.25, 0.3) is 0 Å². The summed E-state index contributed by atoms with van der Waals surface area (Å²) in [4.78, 5) is 2.31. The second kappa shape index (κ2) is 6.63. The zero-order chi connectivity index (χ0) is 14.8. The summed E-state index contributed by atoms with van der Waals surface area (Å²) in [6.07, 6.45) is 5.65. The van der Waals surface area contributed by atoms with Crippen LogP contribution in [0.15, 0.2) is 18.2 Å². The Balaban J connectivity index is 2.23. The maximum absolute atomic E-state index is 6.30. The van der Waals surface area contributed by atoms with Gasteiger partial charge >= 0.3 is 0 Å². The van der Waals surface area contributed by atoms with Gasteiger partial charge in [0.05, 0.1) is 0 Å². The summed E-state index contributed by atoms with van der Waals surface area (Å²) < 4.78 is 0. The molecule has 1 saturated carbocycles. The lowest BCUT2D eigenvalue weighted by atomic mass is 9.83. The highest BCUT2D eigenvalue weighted by Crippen LogP contribution is 2.38. The Labute approximate surface area is 131 Å². The topological polar surface area (TPSA) is 41.3 Å². The van der Waals surface area contributed by atoms with Gasteiger partial charge in [0.15, 0.2) is 0 Å². The number of likely N-dealkylation sites (N-methyl/N-ethyl adjacent to an activating group) is 1. The third-order valence-corrected chi connectivity index (χ3v) is 5.24. The fourth-order valence-electron chi connectivity index (χ4n) is 3.41. The molecule has 0 aliphatic heterocycles. The molecule has 1 aliphatic rings. The van der Waals surface area contributed by atoms with E-state index in [0.717, 1.165) is 12.0 Å². The highest BCUT2D eigenvalue weighted by molar-refractivity contribution is 6.35. The van der Waals surface area contributed by atoms with Crippen LogP contribution in [0, 0.1) is 0 Å². The molecule has 1 atom stereocenters. The van der Waals surface area contributed by atoms with Crippen molar-refractivity contribution in [3.05, 3.63) is 33.8 Å². The van der Waals surface area contributed by atoms with Gasteiger partial charge in [-0.05, 0) is 51.1 Å². The van der Waals surface area contributed by atoms with E-state index >= 15 is 0 Å². The smallest absolute Gasteiger partial charge is 0.0453 e. The van der Waals surface area contributed by atoms with E-state index < -0.39 is 0 Å². The van der Waals surface area contributed by atoms with Crippen LogP contribution < -0.4 is 11.3 Å². The second-order valence-electron chi connectivity index (χ2n) is 5.86. The Morgan fingerprint density at radius 2 is 1.95 bits per heavy atom. The highest BCUT2D eigenvalue weighted by atomic mass is 35.5. The summed E-state index contributed by atoms with van der Waals surface area (Å²) in [6, 6.07) is 5.85. The molecule has 1 aromatic rings. The quantitative estimate of drug-likeness (QED) is 0.647. The summed E-state index contributed by atoms with van der Waals surface area (Å²) >= 11 is 12.3. The van der Waals surface area contributed by atoms with E-state index in [2.05, 4.69) is 24.4 Å². The van der Waals surface area contributed by atoms with E-state index in [9.17, 15) is 0 Å². The van der Waals surface area contributed by atoms with Crippen LogP contribution in [-0.4, -0.2) is 30.6 Å². The Bertz CT molecular complexity index is 456. The van der Waals surface area contributed by atoms with Crippen molar-refractivity contribution in [1.82, 2.24) is 10.3 Å². The van der Waals surface area contributed by atoms with Crippen LogP contribution >= 0.6 is 23.2 Å². The van der Waals surface area contributed by atoms with Gasteiger partial charge in [0.1, 0.15) is 0 Å². The van der Waals surface area contributed by atoms with E-state index in [1.165, 1.54) is 25.7 Å². The molecule has 3 N–H and O–H groups in total. The number of nitrogens with one attached hydrogen (secondary N) is 1. The molecule has 1 unspecified atom stereocenters. The minimum atomic E-state index is 0.109. The largest absolute Gasteiger partial charge is 0.302 e. The Morgan fingerprint density at radius 1 is 1.30 bits per heavy atom. The molecule has 1 aliphatic carbocycles. The predicted molar refractivity (Wildman–Crippen MR) is 86.2 cm³/mol. The maximum Gasteiger partial charge on any atom is 0.0453 e. The van der Waals surface area contributed by atoms with E-state index in [1.807, 2.05) is 12.1 Å². The predicted octanol–water partition coefficient (Wildman–Crippen LogP) is 3.24. The minimum absolute atomic E-state index is 0.109. The first kappa shape index (κ1) is 16.1. The highest BCUT2D eigenvalue weighted by Gasteiger charge is 2.42. The average Bonchev–Trinajstić information content (AvgIpc) is 2.88. The van der Waals surface area contributed by atoms with Crippen molar-refractivity contribution < 1.29 is 0 Å². The fourth-order valence-corrected chi connectivity index (χ4v) is 3.89. The number of hydrogen-bond donors (Lipinski definition) is 2. The lowest BCUT2D eigenvalue weighted by molar-refractivity contribution is 0.104. The van der Waals surface area contributed by atoms with Crippen LogP contribution in [-0.2, 0) is 6.42 Å². The first-order chi connectivity index (χ1) is 9.49. The first-order valence-electron chi connectivity index (χ1n) is 7.07. The second-order valence-corrected chi connectivity index (χ2v) is 6.71. The van der Waals surface area contributed by atoms with Gasteiger partial charge in [-0.3, -0.25) is 11.3 Å². The number of benzene rings is 1. The van der Waals surface area contributed by atoms with Crippen LogP contribution in [0.3, 0.4) is 0 Å². The van der Waals surface area contributed by atoms with Crippen LogP contribution in [0.5, 0.6) is 0 Å². The van der Waals surface area contributed by atoms with Crippen molar-refractivity contribution in [3.63, 3.8) is 0 Å². The molecule has 1 fully saturated rings. The minimum Gasteiger partial charge on any atom is -0.302 e. The number of nitrogens with zero attached hydrogens (tertiary/aromatic N) is 1. The van der Waals surface area contributed by atoms with Crippen molar-refractivity contribution in [2.24, 2.45) is 5.84 Å². The molecule has 0 spiro atoms. The Kier molecular flexibility index (Phi) is 5.32. The molecule has 1 aromatic carbocycles. The van der Waals surface area contributed by atoms with Gasteiger partial charge in [0, 0.05) is 21.6 Å². The Hall–Kier alpha value is -0.320. The standard InChI is InChI=1S/C15H23Cl2N3/c1-20(2)15(7-3-4-8-15)14(19-18)9-11-5-6-12(16)10-13(11)17/h5-6,10,14,19H,3-4,7-9,18H2,1-2H3. The van der Waals surface area contributed by atoms with Gasteiger partial charge < -0.3 is 4.90 Å². The first-order valence-corrected chi connectivity index (χ1v) is 7.82. The number of halogens is 2. The monoisotopic (exact) mass is 315 g/mol. The van der Waals surface area contributed by atoms with Gasteiger partial charge in [-0.1, -0.05) is 42.1 Å². The normalized spacial score (nSPS) is 19.5. The molecule has 0 heterocycles. The number of hydrazine groups is 1. The molecule has 20 heavy (non-hydrogen) atoms. The lowest BCUT2D eigenvalue weighted by Gasteiger charge is -2.43. The van der Waals surface area contributed by atoms with E-state index in [1.54, 1.807) is 6.07 Å². The SMILES string of the molecule is CN(C)C1(C(Cc2ccc(Cl)cc2Cl)NN)CCCC1. The van der Waals surface area contributed by atoms with Gasteiger partial charge in [-0.25, -0.2) is 0 Å². The van der Waals surface area contributed by atoms with Gasteiger partial charge in [-0.15, -0.1) is 0 Å². The number of nitrogens with two attached hydrogens (primary N) is 1. The molecular formula is C15H23Cl2N3. The van der Waals surface area contributed by atoms with Crippen molar-refractivity contribution in [3.8, 4) is 0 Å². The summed E-state index contributed by atoms with van der Waals surface area (Å²) in [7, 11) is 4.28. The molecule has 3 nitrogen and oxygen atoms in total. The van der Waals surface area contributed by atoms with Crippen LogP contribution in [0.2, 0.25) is 10.0 Å². The van der Waals surface area contributed by atoms with Crippen molar-refractivity contribution in [1.29, 1.82) is 0 Å². The van der Waals surface area contributed by atoms with Gasteiger partial charge in [0.2, 0.25) is 0 Å². The molecular weight excluding hydrogens is 293 g/mol. The van der Waals surface area contributed by atoms with Crippen LogP contribution in [0.1, 0.15) is 31.2 Å². The van der Waals surface area contributed by atoms with Crippen molar-refractivity contribution in [2.75, 3.05) is 14.1 Å². The number of hydrogen-bond acceptors (Lipinski definition) is 3. The molecule has 0 aromatic heterocycles. The zero-order valence-electron chi connectivity index (χ0n) is 12.1. The van der Waals surface area contributed by atoms with Gasteiger partial charge in [0.25, 0.3) is 0 Å². The van der Waals surface area contributed by atoms with Crippen molar-refractivity contribution in [2.45, 2.75) is 43.7 Å². The molecule has 2 rings (SSSR count). The lowest BCUT2D eigenvalue weighted by Crippen LogP contribution is -2.60. The van der Waals surface area contributed by atoms with E-state index in [4.69, 9.17) is 29.0 Å². The third kappa shape index (κ3) is 3.12. The molecule has 112 valence electrons. The summed E-state index contributed by atoms with van der Waals surface area (Å²) in [6.45, 7) is 0. The third-order valence-electron chi connectivity index (χ3n) is 4.65. The van der Waals surface area contributed by atoms with Crippen LogP contribution in [0.4, 0.5) is 0 Å². The fraction of sp³-hybridized carbons (Fsp3) is 0.600. The zero-order valence-corrected chi connectivity index (χ0v) is 13.6. The van der Waals surface area contributed by atoms with E-state index in [0.29, 0.717) is 10.0 Å². The van der Waals surface area contributed by atoms with Crippen molar-refractivity contribution >= 4 is 23.2 Å². The summed E-state index contributed by atoms with van der Waals surface area (Å²) in [5.74, 6) is 5.86.